The van der Waals surface area contributed by atoms with Crippen LogP contribution >= 0.6 is 0 Å². The second-order valence-electron chi connectivity index (χ2n) is 5.32. The highest BCUT2D eigenvalue weighted by atomic mass is 16.5. The summed E-state index contributed by atoms with van der Waals surface area (Å²) in [5, 5.41) is 3.52. The topological polar surface area (TPSA) is 30.5 Å². The molecule has 0 radical (unpaired) electrons. The molecule has 1 fully saturated rings. The average molecular weight is 263 g/mol. The Morgan fingerprint density at radius 3 is 2.63 bits per heavy atom. The molecule has 0 atom stereocenters. The van der Waals surface area contributed by atoms with Crippen molar-refractivity contribution >= 4 is 0 Å². The van der Waals surface area contributed by atoms with Crippen LogP contribution in [-0.4, -0.2) is 32.9 Å². The number of hydrogen-bond donors (Lipinski definition) is 1. The molecule has 0 amide bonds. The molecule has 0 bridgehead atoms. The molecule has 1 heterocycles. The molecular formula is C16H25NO2. The fourth-order valence-corrected chi connectivity index (χ4v) is 2.83. The van der Waals surface area contributed by atoms with E-state index >= 15 is 0 Å². The lowest BCUT2D eigenvalue weighted by atomic mass is 9.83. The number of benzene rings is 1. The van der Waals surface area contributed by atoms with Crippen molar-refractivity contribution in [3.8, 4) is 5.75 Å². The Kier molecular flexibility index (Phi) is 4.83. The van der Waals surface area contributed by atoms with E-state index < -0.39 is 0 Å². The van der Waals surface area contributed by atoms with Crippen molar-refractivity contribution in [2.75, 3.05) is 27.4 Å². The van der Waals surface area contributed by atoms with Crippen molar-refractivity contribution in [3.05, 3.63) is 29.3 Å². The molecule has 1 aromatic carbocycles. The quantitative estimate of drug-likeness (QED) is 0.885. The van der Waals surface area contributed by atoms with Crippen molar-refractivity contribution in [1.29, 1.82) is 0 Å². The first kappa shape index (κ1) is 14.4. The minimum atomic E-state index is 0.151. The summed E-state index contributed by atoms with van der Waals surface area (Å²) in [6.45, 7) is 3.88. The van der Waals surface area contributed by atoms with Gasteiger partial charge in [-0.3, -0.25) is 0 Å². The van der Waals surface area contributed by atoms with Crippen molar-refractivity contribution in [3.63, 3.8) is 0 Å². The maximum absolute atomic E-state index is 5.52. The van der Waals surface area contributed by atoms with Gasteiger partial charge in [0.15, 0.2) is 0 Å². The van der Waals surface area contributed by atoms with Gasteiger partial charge in [0.1, 0.15) is 5.75 Å². The van der Waals surface area contributed by atoms with Gasteiger partial charge in [-0.2, -0.15) is 0 Å². The van der Waals surface area contributed by atoms with Crippen molar-refractivity contribution in [1.82, 2.24) is 5.32 Å². The first-order chi connectivity index (χ1) is 9.23. The molecule has 1 aromatic rings. The Labute approximate surface area is 116 Å². The highest BCUT2D eigenvalue weighted by Crippen LogP contribution is 2.30. The average Bonchev–Trinajstić information content (AvgIpc) is 2.48. The third-order valence-electron chi connectivity index (χ3n) is 4.26. The summed E-state index contributed by atoms with van der Waals surface area (Å²) in [4.78, 5) is 0. The predicted octanol–water partition coefficient (Wildman–Crippen LogP) is 2.57. The molecule has 1 aliphatic heterocycles. The van der Waals surface area contributed by atoms with Gasteiger partial charge in [0, 0.05) is 18.8 Å². The zero-order valence-corrected chi connectivity index (χ0v) is 12.3. The summed E-state index contributed by atoms with van der Waals surface area (Å²) in [5.74, 6) is 0.998. The number of hydrogen-bond acceptors (Lipinski definition) is 3. The van der Waals surface area contributed by atoms with E-state index in [4.69, 9.17) is 9.47 Å². The first-order valence-electron chi connectivity index (χ1n) is 7.15. The highest BCUT2D eigenvalue weighted by Gasteiger charge is 2.31. The normalized spacial score (nSPS) is 18.3. The smallest absolute Gasteiger partial charge is 0.122 e. The molecule has 1 saturated heterocycles. The Morgan fingerprint density at radius 2 is 2.05 bits per heavy atom. The Hall–Kier alpha value is -1.06. The maximum atomic E-state index is 5.52. The number of aryl methyl sites for hydroxylation is 1. The van der Waals surface area contributed by atoms with Gasteiger partial charge >= 0.3 is 0 Å². The van der Waals surface area contributed by atoms with Crippen LogP contribution in [0.25, 0.3) is 0 Å². The van der Waals surface area contributed by atoms with Crippen molar-refractivity contribution in [2.24, 2.45) is 0 Å². The molecule has 0 aliphatic carbocycles. The standard InChI is InChI=1S/C16H25NO2/c1-4-13-5-6-15(18-3)14(11-13)12-16(17-2)7-9-19-10-8-16/h5-6,11,17H,4,7-10,12H2,1-3H3. The van der Waals surface area contributed by atoms with Gasteiger partial charge in [-0.15, -0.1) is 0 Å². The van der Waals surface area contributed by atoms with Crippen LogP contribution in [0.5, 0.6) is 5.75 Å². The summed E-state index contributed by atoms with van der Waals surface area (Å²) < 4.78 is 11.0. The molecule has 3 heteroatoms. The lowest BCUT2D eigenvalue weighted by molar-refractivity contribution is 0.0411. The number of ether oxygens (including phenoxy) is 2. The zero-order chi connectivity index (χ0) is 13.7. The summed E-state index contributed by atoms with van der Waals surface area (Å²) in [6.07, 6.45) is 4.18. The molecule has 0 spiro atoms. The Morgan fingerprint density at radius 1 is 1.32 bits per heavy atom. The fraction of sp³-hybridized carbons (Fsp3) is 0.625. The van der Waals surface area contributed by atoms with Crippen LogP contribution < -0.4 is 10.1 Å². The van der Waals surface area contributed by atoms with E-state index in [-0.39, 0.29) is 5.54 Å². The van der Waals surface area contributed by atoms with Crippen molar-refractivity contribution < 1.29 is 9.47 Å². The van der Waals surface area contributed by atoms with Crippen LogP contribution in [0.3, 0.4) is 0 Å². The third-order valence-corrected chi connectivity index (χ3v) is 4.26. The number of methoxy groups -OCH3 is 1. The number of nitrogens with one attached hydrogen (secondary N) is 1. The highest BCUT2D eigenvalue weighted by molar-refractivity contribution is 5.38. The van der Waals surface area contributed by atoms with Gasteiger partial charge in [-0.25, -0.2) is 0 Å². The molecule has 1 N–H and O–H groups in total. The minimum absolute atomic E-state index is 0.151. The molecule has 0 unspecified atom stereocenters. The van der Waals surface area contributed by atoms with Crippen LogP contribution in [0.1, 0.15) is 30.9 Å². The van der Waals surface area contributed by atoms with E-state index in [1.54, 1.807) is 7.11 Å². The van der Waals surface area contributed by atoms with Crippen LogP contribution in [0.15, 0.2) is 18.2 Å². The van der Waals surface area contributed by atoms with Gasteiger partial charge in [0.2, 0.25) is 0 Å². The third kappa shape index (κ3) is 3.28. The lowest BCUT2D eigenvalue weighted by Crippen LogP contribution is -2.49. The zero-order valence-electron chi connectivity index (χ0n) is 12.3. The van der Waals surface area contributed by atoms with Gasteiger partial charge in [0.05, 0.1) is 7.11 Å². The molecule has 19 heavy (non-hydrogen) atoms. The molecule has 106 valence electrons. The second kappa shape index (κ2) is 6.40. The summed E-state index contributed by atoms with van der Waals surface area (Å²) in [6, 6.07) is 6.53. The van der Waals surface area contributed by atoms with Crippen LogP contribution in [-0.2, 0) is 17.6 Å². The predicted molar refractivity (Wildman–Crippen MR) is 77.9 cm³/mol. The van der Waals surface area contributed by atoms with Gasteiger partial charge in [0.25, 0.3) is 0 Å². The van der Waals surface area contributed by atoms with Gasteiger partial charge < -0.3 is 14.8 Å². The van der Waals surface area contributed by atoms with Crippen LogP contribution in [0, 0.1) is 0 Å². The van der Waals surface area contributed by atoms with Gasteiger partial charge in [-0.05, 0) is 49.9 Å². The van der Waals surface area contributed by atoms with E-state index in [1.807, 2.05) is 0 Å². The largest absolute Gasteiger partial charge is 0.496 e. The van der Waals surface area contributed by atoms with Crippen LogP contribution in [0.2, 0.25) is 0 Å². The summed E-state index contributed by atoms with van der Waals surface area (Å²) >= 11 is 0. The Balaban J connectivity index is 2.24. The monoisotopic (exact) mass is 263 g/mol. The van der Waals surface area contributed by atoms with E-state index in [1.165, 1.54) is 11.1 Å². The van der Waals surface area contributed by atoms with E-state index in [0.717, 1.165) is 44.6 Å². The Bertz CT molecular complexity index is 411. The molecule has 1 aliphatic rings. The SMILES string of the molecule is CCc1ccc(OC)c(CC2(NC)CCOCC2)c1. The van der Waals surface area contributed by atoms with Crippen molar-refractivity contribution in [2.45, 2.75) is 38.1 Å². The van der Waals surface area contributed by atoms with Crippen LogP contribution in [0.4, 0.5) is 0 Å². The lowest BCUT2D eigenvalue weighted by Gasteiger charge is -2.37. The molecular weight excluding hydrogens is 238 g/mol. The molecule has 0 aromatic heterocycles. The summed E-state index contributed by atoms with van der Waals surface area (Å²) in [7, 11) is 3.81. The van der Waals surface area contributed by atoms with E-state index in [2.05, 4.69) is 37.5 Å². The van der Waals surface area contributed by atoms with Gasteiger partial charge in [-0.1, -0.05) is 19.1 Å². The number of rotatable bonds is 5. The molecule has 0 saturated carbocycles. The number of likely N-dealkylation sites (N-methyl/N-ethyl adjacent to an activating group) is 1. The molecule has 3 nitrogen and oxygen atoms in total. The fourth-order valence-electron chi connectivity index (χ4n) is 2.83. The van der Waals surface area contributed by atoms with E-state index in [0.29, 0.717) is 0 Å². The molecule has 2 rings (SSSR count). The van der Waals surface area contributed by atoms with E-state index in [9.17, 15) is 0 Å². The first-order valence-corrected chi connectivity index (χ1v) is 7.15. The summed E-state index contributed by atoms with van der Waals surface area (Å²) in [5.41, 5.74) is 2.82. The second-order valence-corrected chi connectivity index (χ2v) is 5.32. The maximum Gasteiger partial charge on any atom is 0.122 e. The minimum Gasteiger partial charge on any atom is -0.496 e.